The smallest absolute Gasteiger partial charge is 0.262 e. The molecule has 2 aromatic heterocycles. The number of hydrogen-bond acceptors (Lipinski definition) is 2. The predicted octanol–water partition coefficient (Wildman–Crippen LogP) is 10.6. The van der Waals surface area contributed by atoms with Gasteiger partial charge in [0.25, 0.3) is 0 Å². The fraction of sp³-hybridized carbons (Fsp3) is 0. The highest BCUT2D eigenvalue weighted by atomic mass is 16.1. The Kier molecular flexibility index (Phi) is 5.69. The summed E-state index contributed by atoms with van der Waals surface area (Å²) in [6, 6.07) is 56.9. The van der Waals surface area contributed by atoms with Crippen molar-refractivity contribution in [2.24, 2.45) is 0 Å². The molecule has 0 N–H and O–H groups in total. The first-order valence-electron chi connectivity index (χ1n) is 16.2. The minimum atomic E-state index is -0.141. The van der Waals surface area contributed by atoms with Crippen LogP contribution >= 0.6 is 0 Å². The van der Waals surface area contributed by atoms with Crippen LogP contribution < -0.4 is 5.69 Å². The molecule has 0 spiro atoms. The summed E-state index contributed by atoms with van der Waals surface area (Å²) in [7, 11) is 0. The first-order chi connectivity index (χ1) is 23.7. The van der Waals surface area contributed by atoms with Crippen LogP contribution in [-0.4, -0.2) is 14.0 Å². The van der Waals surface area contributed by atoms with E-state index in [0.717, 1.165) is 38.8 Å². The fourth-order valence-corrected chi connectivity index (χ4v) is 7.55. The number of imidazole rings is 1. The van der Waals surface area contributed by atoms with Crippen molar-refractivity contribution in [3.05, 3.63) is 174 Å². The molecule has 0 bridgehead atoms. The van der Waals surface area contributed by atoms with E-state index in [9.17, 15) is 4.79 Å². The average molecular weight is 614 g/mol. The van der Waals surface area contributed by atoms with Crippen molar-refractivity contribution in [1.82, 2.24) is 14.0 Å². The van der Waals surface area contributed by atoms with Crippen LogP contribution in [0.2, 0.25) is 0 Å². The number of nitrogens with zero attached hydrogens (tertiary/aromatic N) is 3. The SMILES string of the molecule is O=c1n(-c2ccccc2)c2cc(-c3cc4c5ccccc5c(-c5ccccc5)cc4c4ccccc34)ccc2c2nc3ccccc3n12. The highest BCUT2D eigenvalue weighted by molar-refractivity contribution is 6.24. The molecular weight excluding hydrogens is 587 g/mol. The van der Waals surface area contributed by atoms with E-state index in [1.807, 2.05) is 59.2 Å². The first-order valence-corrected chi connectivity index (χ1v) is 16.2. The van der Waals surface area contributed by atoms with Gasteiger partial charge in [-0.25, -0.2) is 14.2 Å². The van der Waals surface area contributed by atoms with Gasteiger partial charge in [-0.1, -0.05) is 115 Å². The summed E-state index contributed by atoms with van der Waals surface area (Å²) in [4.78, 5) is 19.4. The van der Waals surface area contributed by atoms with Gasteiger partial charge in [-0.05, 0) is 103 Å². The molecular formula is C44H27N3O. The molecule has 0 aliphatic rings. The van der Waals surface area contributed by atoms with Crippen molar-refractivity contribution in [1.29, 1.82) is 0 Å². The Hall–Kier alpha value is -6.52. The van der Waals surface area contributed by atoms with Gasteiger partial charge in [-0.3, -0.25) is 4.57 Å². The maximum Gasteiger partial charge on any atom is 0.339 e. The van der Waals surface area contributed by atoms with Crippen molar-refractivity contribution in [3.63, 3.8) is 0 Å². The Morgan fingerprint density at radius 2 is 0.979 bits per heavy atom. The second-order valence-electron chi connectivity index (χ2n) is 12.3. The Bertz CT molecular complexity index is 2960. The standard InChI is InChI=1S/C44H27N3O/c48-44-46(30-15-5-2-6-16-30)42-25-29(23-24-35(42)43-45-40-21-11-12-22-41(40)47(43)44)37-27-39-33-19-9-7-17-31(33)36(28-13-3-1-4-14-28)26-38(39)34-20-10-8-18-32(34)37/h1-27H. The van der Waals surface area contributed by atoms with Gasteiger partial charge in [0.2, 0.25) is 0 Å². The molecule has 10 rings (SSSR count). The lowest BCUT2D eigenvalue weighted by Crippen LogP contribution is -2.25. The molecule has 0 atom stereocenters. The van der Waals surface area contributed by atoms with E-state index >= 15 is 0 Å². The summed E-state index contributed by atoms with van der Waals surface area (Å²) < 4.78 is 3.57. The third-order valence-electron chi connectivity index (χ3n) is 9.72. The number of aromatic nitrogens is 3. The van der Waals surface area contributed by atoms with Crippen LogP contribution in [0, 0.1) is 0 Å². The molecule has 0 fully saturated rings. The molecule has 8 aromatic carbocycles. The molecule has 224 valence electrons. The maximum absolute atomic E-state index is 14.4. The lowest BCUT2D eigenvalue weighted by Gasteiger charge is -2.17. The van der Waals surface area contributed by atoms with Crippen LogP contribution in [0.15, 0.2) is 169 Å². The fourth-order valence-electron chi connectivity index (χ4n) is 7.55. The number of para-hydroxylation sites is 3. The zero-order valence-electron chi connectivity index (χ0n) is 25.8. The largest absolute Gasteiger partial charge is 0.339 e. The van der Waals surface area contributed by atoms with Crippen molar-refractivity contribution in [2.45, 2.75) is 0 Å². The molecule has 0 saturated heterocycles. The molecule has 0 aliphatic heterocycles. The summed E-state index contributed by atoms with van der Waals surface area (Å²) in [5.41, 5.74) is 8.35. The minimum Gasteiger partial charge on any atom is -0.262 e. The third-order valence-corrected chi connectivity index (χ3v) is 9.72. The quantitative estimate of drug-likeness (QED) is 0.186. The van der Waals surface area contributed by atoms with Crippen LogP contribution in [-0.2, 0) is 0 Å². The van der Waals surface area contributed by atoms with Crippen LogP contribution in [0.5, 0.6) is 0 Å². The van der Waals surface area contributed by atoms with Crippen molar-refractivity contribution < 1.29 is 0 Å². The minimum absolute atomic E-state index is 0.141. The van der Waals surface area contributed by atoms with E-state index in [2.05, 4.69) is 109 Å². The molecule has 10 aromatic rings. The molecule has 0 unspecified atom stereocenters. The molecule has 4 heteroatoms. The Labute approximate surface area is 275 Å². The van der Waals surface area contributed by atoms with Gasteiger partial charge in [-0.15, -0.1) is 0 Å². The van der Waals surface area contributed by atoms with Crippen molar-refractivity contribution in [2.75, 3.05) is 0 Å². The molecule has 0 radical (unpaired) electrons. The third kappa shape index (κ3) is 3.83. The van der Waals surface area contributed by atoms with E-state index < -0.39 is 0 Å². The van der Waals surface area contributed by atoms with E-state index in [0.29, 0.717) is 5.65 Å². The number of rotatable bonds is 3. The maximum atomic E-state index is 14.4. The second-order valence-corrected chi connectivity index (χ2v) is 12.3. The summed E-state index contributed by atoms with van der Waals surface area (Å²) in [6.45, 7) is 0. The van der Waals surface area contributed by atoms with E-state index in [-0.39, 0.29) is 5.69 Å². The van der Waals surface area contributed by atoms with Gasteiger partial charge in [-0.2, -0.15) is 0 Å². The zero-order valence-corrected chi connectivity index (χ0v) is 25.8. The van der Waals surface area contributed by atoms with Crippen molar-refractivity contribution in [3.8, 4) is 27.9 Å². The summed E-state index contributed by atoms with van der Waals surface area (Å²) in [6.07, 6.45) is 0. The Morgan fingerprint density at radius 3 is 1.67 bits per heavy atom. The zero-order chi connectivity index (χ0) is 31.8. The summed E-state index contributed by atoms with van der Waals surface area (Å²) >= 11 is 0. The predicted molar refractivity (Wildman–Crippen MR) is 199 cm³/mol. The average Bonchev–Trinajstić information content (AvgIpc) is 3.55. The number of hydrogen-bond donors (Lipinski definition) is 0. The lowest BCUT2D eigenvalue weighted by molar-refractivity contribution is 0.932. The number of fused-ring (bicyclic) bond motifs is 10. The van der Waals surface area contributed by atoms with Crippen LogP contribution in [0.3, 0.4) is 0 Å². The Balaban J connectivity index is 1.32. The van der Waals surface area contributed by atoms with Gasteiger partial charge in [0.15, 0.2) is 5.65 Å². The topological polar surface area (TPSA) is 39.3 Å². The number of benzene rings is 8. The normalized spacial score (nSPS) is 11.8. The monoisotopic (exact) mass is 613 g/mol. The van der Waals surface area contributed by atoms with Gasteiger partial charge >= 0.3 is 5.69 Å². The van der Waals surface area contributed by atoms with Crippen LogP contribution in [0.25, 0.3) is 87.8 Å². The lowest BCUT2D eigenvalue weighted by atomic mass is 9.87. The molecule has 0 amide bonds. The molecule has 0 aliphatic carbocycles. The summed E-state index contributed by atoms with van der Waals surface area (Å²) in [5.74, 6) is 0. The van der Waals surface area contributed by atoms with E-state index in [1.54, 1.807) is 4.40 Å². The van der Waals surface area contributed by atoms with Gasteiger partial charge in [0.1, 0.15) is 0 Å². The van der Waals surface area contributed by atoms with E-state index in [4.69, 9.17) is 4.98 Å². The first kappa shape index (κ1) is 26.7. The molecule has 4 nitrogen and oxygen atoms in total. The van der Waals surface area contributed by atoms with Gasteiger partial charge < -0.3 is 0 Å². The van der Waals surface area contributed by atoms with Gasteiger partial charge in [0, 0.05) is 5.39 Å². The van der Waals surface area contributed by atoms with E-state index in [1.165, 1.54) is 43.4 Å². The van der Waals surface area contributed by atoms with Crippen LogP contribution in [0.4, 0.5) is 0 Å². The highest BCUT2D eigenvalue weighted by Gasteiger charge is 2.19. The summed E-state index contributed by atoms with van der Waals surface area (Å²) in [5, 5.41) is 8.15. The van der Waals surface area contributed by atoms with Crippen LogP contribution in [0.1, 0.15) is 0 Å². The molecule has 48 heavy (non-hydrogen) atoms. The Morgan fingerprint density at radius 1 is 0.417 bits per heavy atom. The highest BCUT2D eigenvalue weighted by Crippen LogP contribution is 2.42. The van der Waals surface area contributed by atoms with Crippen molar-refractivity contribution >= 4 is 59.9 Å². The molecule has 0 saturated carbocycles. The molecule has 2 heterocycles. The van der Waals surface area contributed by atoms with Gasteiger partial charge in [0.05, 0.1) is 22.2 Å². The second kappa shape index (κ2) is 10.2.